The molecule has 148 valence electrons. The summed E-state index contributed by atoms with van der Waals surface area (Å²) < 4.78 is 6.73. The third-order valence-electron chi connectivity index (χ3n) is 5.93. The number of urea groups is 1. The largest absolute Gasteiger partial charge is 0.492 e. The number of ether oxygens (including phenoxy) is 1. The molecule has 1 unspecified atom stereocenters. The molecule has 3 amide bonds. The van der Waals surface area contributed by atoms with Crippen LogP contribution < -0.4 is 10.1 Å². The Morgan fingerprint density at radius 3 is 2.48 bits per heavy atom. The summed E-state index contributed by atoms with van der Waals surface area (Å²) in [6, 6.07) is 7.38. The summed E-state index contributed by atoms with van der Waals surface area (Å²) in [6.45, 7) is 5.53. The number of benzene rings is 1. The number of halogens is 1. The van der Waals surface area contributed by atoms with Crippen molar-refractivity contribution >= 4 is 27.9 Å². The molecule has 1 aromatic rings. The number of rotatable bonds is 6. The standard InChI is InChI=1S/C20H28BrN3O3/c1-14-5-4-6-15(2)20(14)18(25)24(19(26)22-20)13-23(3)11-12-27-17-9-7-16(21)8-10-17/h7-10,14-15H,4-6,11-13H2,1-3H3,(H,22,26)/t14-,15+,20?. The smallest absolute Gasteiger partial charge is 0.326 e. The predicted octanol–water partition coefficient (Wildman–Crippen LogP) is 3.46. The molecule has 3 atom stereocenters. The van der Waals surface area contributed by atoms with Crippen molar-refractivity contribution in [1.82, 2.24) is 15.1 Å². The van der Waals surface area contributed by atoms with Gasteiger partial charge in [0.05, 0.1) is 6.67 Å². The second-order valence-electron chi connectivity index (χ2n) is 7.79. The third-order valence-corrected chi connectivity index (χ3v) is 6.45. The van der Waals surface area contributed by atoms with Gasteiger partial charge in [0.1, 0.15) is 17.9 Å². The van der Waals surface area contributed by atoms with Crippen molar-refractivity contribution in [2.45, 2.75) is 38.6 Å². The minimum atomic E-state index is -0.732. The lowest BCUT2D eigenvalue weighted by atomic mass is 9.67. The Balaban J connectivity index is 1.56. The lowest BCUT2D eigenvalue weighted by molar-refractivity contribution is -0.137. The topological polar surface area (TPSA) is 61.9 Å². The highest BCUT2D eigenvalue weighted by molar-refractivity contribution is 9.10. The fraction of sp³-hybridized carbons (Fsp3) is 0.600. The maximum absolute atomic E-state index is 13.2. The van der Waals surface area contributed by atoms with Crippen molar-refractivity contribution in [3.63, 3.8) is 0 Å². The SMILES string of the molecule is C[C@@H]1CCC[C@H](C)C12NC(=O)N(CN(C)CCOc1ccc(Br)cc1)C2=O. The van der Waals surface area contributed by atoms with Crippen molar-refractivity contribution in [3.8, 4) is 5.75 Å². The van der Waals surface area contributed by atoms with Crippen LogP contribution in [0.25, 0.3) is 0 Å². The minimum absolute atomic E-state index is 0.0760. The molecule has 1 heterocycles. The molecule has 0 radical (unpaired) electrons. The van der Waals surface area contributed by atoms with Gasteiger partial charge in [-0.1, -0.05) is 36.2 Å². The van der Waals surface area contributed by atoms with Gasteiger partial charge in [0, 0.05) is 11.0 Å². The maximum Gasteiger partial charge on any atom is 0.326 e. The van der Waals surface area contributed by atoms with Crippen LogP contribution >= 0.6 is 15.9 Å². The highest BCUT2D eigenvalue weighted by Crippen LogP contribution is 2.42. The second kappa shape index (κ2) is 8.19. The Morgan fingerprint density at radius 1 is 1.22 bits per heavy atom. The average molecular weight is 438 g/mol. The van der Waals surface area contributed by atoms with E-state index in [-0.39, 0.29) is 30.4 Å². The molecule has 2 fully saturated rings. The summed E-state index contributed by atoms with van der Waals surface area (Å²) in [6.07, 6.45) is 3.06. The van der Waals surface area contributed by atoms with Gasteiger partial charge >= 0.3 is 6.03 Å². The van der Waals surface area contributed by atoms with Gasteiger partial charge < -0.3 is 10.1 Å². The van der Waals surface area contributed by atoms with E-state index < -0.39 is 5.54 Å². The van der Waals surface area contributed by atoms with Crippen LogP contribution in [-0.4, -0.2) is 54.1 Å². The van der Waals surface area contributed by atoms with Gasteiger partial charge in [0.15, 0.2) is 0 Å². The first-order valence-electron chi connectivity index (χ1n) is 9.55. The van der Waals surface area contributed by atoms with Crippen LogP contribution in [0.2, 0.25) is 0 Å². The second-order valence-corrected chi connectivity index (χ2v) is 8.70. The van der Waals surface area contributed by atoms with E-state index in [4.69, 9.17) is 4.74 Å². The van der Waals surface area contributed by atoms with Gasteiger partial charge in [-0.3, -0.25) is 9.69 Å². The highest BCUT2D eigenvalue weighted by Gasteiger charge is 2.58. The molecule has 0 bridgehead atoms. The summed E-state index contributed by atoms with van der Waals surface area (Å²) in [5, 5.41) is 3.04. The quantitative estimate of drug-likeness (QED) is 0.692. The summed E-state index contributed by atoms with van der Waals surface area (Å²) in [5.41, 5.74) is -0.732. The van der Waals surface area contributed by atoms with Crippen LogP contribution in [0.4, 0.5) is 4.79 Å². The van der Waals surface area contributed by atoms with Gasteiger partial charge in [-0.05, 0) is 56.0 Å². The molecule has 1 aromatic carbocycles. The normalized spacial score (nSPS) is 28.1. The molecule has 1 spiro atoms. The van der Waals surface area contributed by atoms with Gasteiger partial charge in [-0.2, -0.15) is 0 Å². The average Bonchev–Trinajstić information content (AvgIpc) is 2.87. The molecule has 1 saturated heterocycles. The Kier molecular flexibility index (Phi) is 6.11. The first-order chi connectivity index (χ1) is 12.8. The number of amides is 3. The van der Waals surface area contributed by atoms with Crippen LogP contribution in [0.5, 0.6) is 5.75 Å². The van der Waals surface area contributed by atoms with E-state index in [1.807, 2.05) is 36.2 Å². The lowest BCUT2D eigenvalue weighted by Gasteiger charge is -2.42. The van der Waals surface area contributed by atoms with Crippen molar-refractivity contribution < 1.29 is 14.3 Å². The lowest BCUT2D eigenvalue weighted by Crippen LogP contribution is -2.59. The van der Waals surface area contributed by atoms with Crippen LogP contribution in [0, 0.1) is 11.8 Å². The number of carbonyl (C=O) groups excluding carboxylic acids is 2. The number of imide groups is 1. The fourth-order valence-electron chi connectivity index (χ4n) is 4.24. The zero-order chi connectivity index (χ0) is 19.6. The molecular formula is C20H28BrN3O3. The van der Waals surface area contributed by atoms with Crippen molar-refractivity contribution in [2.24, 2.45) is 11.8 Å². The molecule has 6 nitrogen and oxygen atoms in total. The van der Waals surface area contributed by atoms with E-state index >= 15 is 0 Å². The first kappa shape index (κ1) is 20.1. The Labute approximate surface area is 169 Å². The number of likely N-dealkylation sites (N-methyl/N-ethyl adjacent to an activating group) is 1. The zero-order valence-corrected chi connectivity index (χ0v) is 17.8. The molecule has 1 aliphatic carbocycles. The summed E-state index contributed by atoms with van der Waals surface area (Å²) in [4.78, 5) is 29.0. The molecule has 7 heteroatoms. The Hall–Kier alpha value is -1.60. The van der Waals surface area contributed by atoms with Crippen molar-refractivity contribution in [1.29, 1.82) is 0 Å². The Bertz CT molecular complexity index is 684. The van der Waals surface area contributed by atoms with E-state index in [1.165, 1.54) is 4.90 Å². The number of carbonyl (C=O) groups is 2. The van der Waals surface area contributed by atoms with Gasteiger partial charge in [-0.25, -0.2) is 9.69 Å². The van der Waals surface area contributed by atoms with Crippen LogP contribution in [0.3, 0.4) is 0 Å². The van der Waals surface area contributed by atoms with E-state index in [2.05, 4.69) is 35.1 Å². The highest BCUT2D eigenvalue weighted by atomic mass is 79.9. The number of hydrogen-bond donors (Lipinski definition) is 1. The number of hydrogen-bond acceptors (Lipinski definition) is 4. The van der Waals surface area contributed by atoms with Gasteiger partial charge in [0.2, 0.25) is 0 Å². The van der Waals surface area contributed by atoms with E-state index in [0.717, 1.165) is 29.5 Å². The van der Waals surface area contributed by atoms with E-state index in [0.29, 0.717) is 13.2 Å². The fourth-order valence-corrected chi connectivity index (χ4v) is 4.51. The monoisotopic (exact) mass is 437 g/mol. The summed E-state index contributed by atoms with van der Waals surface area (Å²) >= 11 is 3.40. The van der Waals surface area contributed by atoms with E-state index in [1.54, 1.807) is 0 Å². The minimum Gasteiger partial charge on any atom is -0.492 e. The number of nitrogens with zero attached hydrogens (tertiary/aromatic N) is 2. The van der Waals surface area contributed by atoms with Crippen molar-refractivity contribution in [2.75, 3.05) is 26.9 Å². The summed E-state index contributed by atoms with van der Waals surface area (Å²) in [7, 11) is 1.89. The van der Waals surface area contributed by atoms with Gasteiger partial charge in [0.25, 0.3) is 5.91 Å². The number of nitrogens with one attached hydrogen (secondary N) is 1. The maximum atomic E-state index is 13.2. The molecular weight excluding hydrogens is 410 g/mol. The van der Waals surface area contributed by atoms with Crippen molar-refractivity contribution in [3.05, 3.63) is 28.7 Å². The van der Waals surface area contributed by atoms with Gasteiger partial charge in [-0.15, -0.1) is 0 Å². The predicted molar refractivity (Wildman–Crippen MR) is 107 cm³/mol. The molecule has 0 aromatic heterocycles. The third kappa shape index (κ3) is 3.99. The molecule has 3 rings (SSSR count). The van der Waals surface area contributed by atoms with Crippen LogP contribution in [0.15, 0.2) is 28.7 Å². The van der Waals surface area contributed by atoms with Crippen LogP contribution in [-0.2, 0) is 4.79 Å². The Morgan fingerprint density at radius 2 is 1.85 bits per heavy atom. The molecule has 27 heavy (non-hydrogen) atoms. The molecule has 1 N–H and O–H groups in total. The molecule has 2 aliphatic rings. The molecule has 1 aliphatic heterocycles. The first-order valence-corrected chi connectivity index (χ1v) is 10.3. The molecule has 1 saturated carbocycles. The van der Waals surface area contributed by atoms with E-state index in [9.17, 15) is 9.59 Å². The van der Waals surface area contributed by atoms with Crippen LogP contribution in [0.1, 0.15) is 33.1 Å². The zero-order valence-electron chi connectivity index (χ0n) is 16.2. The summed E-state index contributed by atoms with van der Waals surface area (Å²) in [5.74, 6) is 1.04.